The largest absolute Gasteiger partial charge is 0.493 e. The Balaban J connectivity index is 1.42. The van der Waals surface area contributed by atoms with Gasteiger partial charge in [-0.05, 0) is 48.0 Å². The fourth-order valence-electron chi connectivity index (χ4n) is 3.36. The number of benzene rings is 2. The van der Waals surface area contributed by atoms with Crippen LogP contribution in [-0.2, 0) is 16.2 Å². The number of nitrogens with one attached hydrogen (secondary N) is 2. The molecule has 0 unspecified atom stereocenters. The quantitative estimate of drug-likeness (QED) is 0.306. The minimum atomic E-state index is -1.18. The maximum atomic E-state index is 12.7. The summed E-state index contributed by atoms with van der Waals surface area (Å²) in [5, 5.41) is 14.0. The van der Waals surface area contributed by atoms with Gasteiger partial charge in [-0.2, -0.15) is 0 Å². The number of nitrogens with zero attached hydrogens (tertiary/aromatic N) is 1. The Labute approximate surface area is 204 Å². The molecule has 0 radical (unpaired) electrons. The van der Waals surface area contributed by atoms with Crippen molar-refractivity contribution in [1.82, 2.24) is 10.2 Å². The Hall–Kier alpha value is -5.06. The molecule has 0 spiro atoms. The van der Waals surface area contributed by atoms with E-state index < -0.39 is 30.4 Å². The summed E-state index contributed by atoms with van der Waals surface area (Å²) in [6, 6.07) is 15.6. The number of aromatic carboxylic acids is 1. The van der Waals surface area contributed by atoms with Crippen LogP contribution in [0, 0.1) is 0 Å². The summed E-state index contributed by atoms with van der Waals surface area (Å²) in [7, 11) is 1.43. The molecular formula is C25H21N3O8. The van der Waals surface area contributed by atoms with Gasteiger partial charge in [0, 0.05) is 5.69 Å². The predicted molar refractivity (Wildman–Crippen MR) is 126 cm³/mol. The molecule has 3 N–H and O–H groups in total. The molecule has 1 aliphatic heterocycles. The van der Waals surface area contributed by atoms with Crippen molar-refractivity contribution < 1.29 is 38.2 Å². The number of urea groups is 1. The number of hydrogen-bond acceptors (Lipinski definition) is 7. The highest BCUT2D eigenvalue weighted by Gasteiger charge is 2.35. The molecule has 0 aliphatic carbocycles. The lowest BCUT2D eigenvalue weighted by Gasteiger charge is -2.12. The zero-order valence-corrected chi connectivity index (χ0v) is 19.0. The van der Waals surface area contributed by atoms with E-state index in [0.29, 0.717) is 28.5 Å². The maximum Gasteiger partial charge on any atom is 0.371 e. The summed E-state index contributed by atoms with van der Waals surface area (Å²) in [5.41, 5.74) is 1.08. The van der Waals surface area contributed by atoms with Crippen LogP contribution >= 0.6 is 0 Å². The number of para-hydroxylation sites is 1. The van der Waals surface area contributed by atoms with Gasteiger partial charge in [-0.1, -0.05) is 24.3 Å². The number of furan rings is 1. The highest BCUT2D eigenvalue weighted by Crippen LogP contribution is 2.30. The van der Waals surface area contributed by atoms with E-state index >= 15 is 0 Å². The minimum absolute atomic E-state index is 0.0000168. The SMILES string of the molecule is COc1cc(/C=C2\NC(=O)N(CC(=O)Nc3ccccc3)C2=O)ccc1OCc1ccc(C(=O)O)o1. The lowest BCUT2D eigenvalue weighted by atomic mass is 10.1. The Bertz CT molecular complexity index is 1350. The van der Waals surface area contributed by atoms with Crippen molar-refractivity contribution in [2.75, 3.05) is 19.0 Å². The van der Waals surface area contributed by atoms with Crippen molar-refractivity contribution in [3.05, 3.63) is 83.4 Å². The normalized spacial score (nSPS) is 14.0. The van der Waals surface area contributed by atoms with Gasteiger partial charge in [-0.25, -0.2) is 14.5 Å². The molecule has 0 atom stereocenters. The Morgan fingerprint density at radius 2 is 1.86 bits per heavy atom. The average Bonchev–Trinajstić information content (AvgIpc) is 3.44. The summed E-state index contributed by atoms with van der Waals surface area (Å²) < 4.78 is 16.2. The van der Waals surface area contributed by atoms with Gasteiger partial charge in [-0.15, -0.1) is 0 Å². The van der Waals surface area contributed by atoms with E-state index in [1.54, 1.807) is 48.5 Å². The van der Waals surface area contributed by atoms with Gasteiger partial charge in [0.05, 0.1) is 7.11 Å². The van der Waals surface area contributed by atoms with E-state index in [1.165, 1.54) is 25.3 Å². The van der Waals surface area contributed by atoms with Gasteiger partial charge in [0.1, 0.15) is 24.6 Å². The lowest BCUT2D eigenvalue weighted by Crippen LogP contribution is -2.38. The Kier molecular flexibility index (Phi) is 7.00. The number of imide groups is 1. The third-order valence-electron chi connectivity index (χ3n) is 5.06. The lowest BCUT2D eigenvalue weighted by molar-refractivity contribution is -0.127. The zero-order chi connectivity index (χ0) is 25.7. The second-order valence-electron chi connectivity index (χ2n) is 7.56. The van der Waals surface area contributed by atoms with Crippen molar-refractivity contribution in [3.63, 3.8) is 0 Å². The van der Waals surface area contributed by atoms with E-state index in [2.05, 4.69) is 10.6 Å². The molecule has 0 saturated carbocycles. The molecule has 11 nitrogen and oxygen atoms in total. The van der Waals surface area contributed by atoms with Crippen LogP contribution in [0.25, 0.3) is 6.08 Å². The van der Waals surface area contributed by atoms with Crippen LogP contribution in [0.15, 0.2) is 70.8 Å². The predicted octanol–water partition coefficient (Wildman–Crippen LogP) is 3.10. The fourth-order valence-corrected chi connectivity index (χ4v) is 3.36. The first-order chi connectivity index (χ1) is 17.3. The van der Waals surface area contributed by atoms with Crippen molar-refractivity contribution >= 4 is 35.6 Å². The smallest absolute Gasteiger partial charge is 0.371 e. The number of carbonyl (C=O) groups excluding carboxylic acids is 3. The average molecular weight is 491 g/mol. The number of carboxylic acid groups (broad SMARTS) is 1. The minimum Gasteiger partial charge on any atom is -0.493 e. The number of hydrogen-bond donors (Lipinski definition) is 3. The molecule has 1 saturated heterocycles. The first-order valence-corrected chi connectivity index (χ1v) is 10.7. The third-order valence-corrected chi connectivity index (χ3v) is 5.06. The van der Waals surface area contributed by atoms with Gasteiger partial charge < -0.3 is 29.6 Å². The zero-order valence-electron chi connectivity index (χ0n) is 19.0. The van der Waals surface area contributed by atoms with Crippen molar-refractivity contribution in [1.29, 1.82) is 0 Å². The van der Waals surface area contributed by atoms with Gasteiger partial charge in [0.2, 0.25) is 11.7 Å². The van der Waals surface area contributed by atoms with Gasteiger partial charge in [0.25, 0.3) is 5.91 Å². The first-order valence-electron chi connectivity index (χ1n) is 10.7. The van der Waals surface area contributed by atoms with Crippen molar-refractivity contribution in [3.8, 4) is 11.5 Å². The highest BCUT2D eigenvalue weighted by atomic mass is 16.5. The van der Waals surface area contributed by atoms with E-state index in [0.717, 1.165) is 4.90 Å². The first kappa shape index (κ1) is 24.1. The van der Waals surface area contributed by atoms with Gasteiger partial charge >= 0.3 is 12.0 Å². The van der Waals surface area contributed by atoms with Crippen molar-refractivity contribution in [2.45, 2.75) is 6.61 Å². The van der Waals surface area contributed by atoms with E-state index in [-0.39, 0.29) is 18.1 Å². The topological polar surface area (TPSA) is 147 Å². The molecule has 2 aromatic carbocycles. The Morgan fingerprint density at radius 3 is 2.56 bits per heavy atom. The van der Waals surface area contributed by atoms with Gasteiger partial charge in [-0.3, -0.25) is 9.59 Å². The molecule has 1 aromatic heterocycles. The van der Waals surface area contributed by atoms with Crippen LogP contribution < -0.4 is 20.1 Å². The van der Waals surface area contributed by atoms with E-state index in [1.807, 2.05) is 0 Å². The molecule has 4 rings (SSSR count). The molecule has 1 aliphatic rings. The Morgan fingerprint density at radius 1 is 1.08 bits per heavy atom. The van der Waals surface area contributed by atoms with Crippen molar-refractivity contribution in [2.24, 2.45) is 0 Å². The second-order valence-corrected chi connectivity index (χ2v) is 7.56. The number of carbonyl (C=O) groups is 4. The number of carboxylic acids is 1. The van der Waals surface area contributed by atoms with E-state index in [9.17, 15) is 19.2 Å². The molecule has 1 fully saturated rings. The third kappa shape index (κ3) is 5.53. The number of anilines is 1. The summed E-state index contributed by atoms with van der Waals surface area (Å²) >= 11 is 0. The molecule has 36 heavy (non-hydrogen) atoms. The standard InChI is InChI=1S/C25H21N3O8/c1-34-21-12-15(7-9-19(21)35-14-17-8-10-20(36-17)24(31)32)11-18-23(30)28(25(33)27-18)13-22(29)26-16-5-3-2-4-6-16/h2-12H,13-14H2,1H3,(H,26,29)(H,27,33)(H,31,32)/b18-11-. The van der Waals surface area contributed by atoms with Gasteiger partial charge in [0.15, 0.2) is 11.5 Å². The number of amides is 4. The number of ether oxygens (including phenoxy) is 2. The molecule has 2 heterocycles. The summed E-state index contributed by atoms with van der Waals surface area (Å²) in [6.45, 7) is -0.470. The van der Waals surface area contributed by atoms with Crippen LogP contribution in [0.4, 0.5) is 10.5 Å². The van der Waals surface area contributed by atoms with E-state index in [4.69, 9.17) is 19.0 Å². The maximum absolute atomic E-state index is 12.7. The molecule has 0 bridgehead atoms. The second kappa shape index (κ2) is 10.5. The number of methoxy groups -OCH3 is 1. The monoisotopic (exact) mass is 491 g/mol. The van der Waals surface area contributed by atoms with Crippen LogP contribution in [0.2, 0.25) is 0 Å². The van der Waals surface area contributed by atoms with Crippen LogP contribution in [0.1, 0.15) is 21.9 Å². The summed E-state index contributed by atoms with van der Waals surface area (Å²) in [6.07, 6.45) is 1.45. The fraction of sp³-hybridized carbons (Fsp3) is 0.120. The summed E-state index contributed by atoms with van der Waals surface area (Å²) in [5.74, 6) is -1.52. The van der Waals surface area contributed by atoms with Crippen LogP contribution in [0.5, 0.6) is 11.5 Å². The molecule has 11 heteroatoms. The molecular weight excluding hydrogens is 470 g/mol. The van der Waals surface area contributed by atoms with Crippen LogP contribution in [-0.4, -0.2) is 47.5 Å². The summed E-state index contributed by atoms with van der Waals surface area (Å²) in [4.78, 5) is 49.0. The molecule has 184 valence electrons. The molecule has 4 amide bonds. The number of rotatable bonds is 9. The highest BCUT2D eigenvalue weighted by molar-refractivity contribution is 6.16. The molecule has 3 aromatic rings. The van der Waals surface area contributed by atoms with Crippen LogP contribution in [0.3, 0.4) is 0 Å².